The van der Waals surface area contributed by atoms with E-state index >= 15 is 0 Å². The molecule has 12 heteroatoms. The van der Waals surface area contributed by atoms with Crippen molar-refractivity contribution in [2.75, 3.05) is 59.1 Å². The number of methoxy groups -OCH3 is 2. The van der Waals surface area contributed by atoms with Gasteiger partial charge in [0.15, 0.2) is 6.23 Å². The minimum Gasteiger partial charge on any atom is -0.495 e. The number of anilines is 1. The van der Waals surface area contributed by atoms with Gasteiger partial charge in [-0.1, -0.05) is 17.7 Å². The fourth-order valence-corrected chi connectivity index (χ4v) is 5.23. The monoisotopic (exact) mass is 518 g/mol. The standard InChI is InChI=1S/C22H28ClFN2O7S/c1-30-9-10-33-17-13-26(7-8-32-14-17)34(28,29)21-11-15(3-6-20(21)31-2)22(27)25-16-4-5-19(24)18(23)12-16/h3-6,11-12,17,22,25,27H,7-10,13-14H2,1-2H3. The molecule has 3 rings (SSSR count). The zero-order valence-corrected chi connectivity index (χ0v) is 20.4. The highest BCUT2D eigenvalue weighted by Crippen LogP contribution is 2.31. The lowest BCUT2D eigenvalue weighted by Gasteiger charge is -2.25. The predicted molar refractivity (Wildman–Crippen MR) is 124 cm³/mol. The third-order valence-corrected chi connectivity index (χ3v) is 7.36. The van der Waals surface area contributed by atoms with Gasteiger partial charge >= 0.3 is 0 Å². The Morgan fingerprint density at radius 1 is 1.26 bits per heavy atom. The van der Waals surface area contributed by atoms with Crippen LogP contribution in [0, 0.1) is 5.82 Å². The number of nitrogens with zero attached hydrogens (tertiary/aromatic N) is 1. The first-order chi connectivity index (χ1) is 16.3. The van der Waals surface area contributed by atoms with Crippen LogP contribution in [0.5, 0.6) is 5.75 Å². The molecule has 2 atom stereocenters. The Morgan fingerprint density at radius 2 is 2.06 bits per heavy atom. The molecule has 0 spiro atoms. The van der Waals surface area contributed by atoms with Gasteiger partial charge < -0.3 is 29.4 Å². The fraction of sp³-hybridized carbons (Fsp3) is 0.455. The van der Waals surface area contributed by atoms with Crippen molar-refractivity contribution < 1.29 is 36.9 Å². The van der Waals surface area contributed by atoms with Crippen LogP contribution in [0.15, 0.2) is 41.3 Å². The van der Waals surface area contributed by atoms with E-state index in [-0.39, 0.29) is 47.5 Å². The molecule has 0 radical (unpaired) electrons. The fourth-order valence-electron chi connectivity index (χ4n) is 3.40. The van der Waals surface area contributed by atoms with Gasteiger partial charge in [0.2, 0.25) is 10.0 Å². The number of halogens is 2. The van der Waals surface area contributed by atoms with Crippen LogP contribution < -0.4 is 10.1 Å². The van der Waals surface area contributed by atoms with Crippen molar-refractivity contribution in [3.8, 4) is 5.75 Å². The number of aliphatic hydroxyl groups excluding tert-OH is 1. The van der Waals surface area contributed by atoms with Crippen molar-refractivity contribution >= 4 is 27.3 Å². The molecule has 1 fully saturated rings. The van der Waals surface area contributed by atoms with Crippen molar-refractivity contribution in [1.29, 1.82) is 0 Å². The van der Waals surface area contributed by atoms with E-state index < -0.39 is 28.2 Å². The summed E-state index contributed by atoms with van der Waals surface area (Å²) in [6.07, 6.45) is -1.75. The summed E-state index contributed by atoms with van der Waals surface area (Å²) in [5.74, 6) is -0.465. The number of rotatable bonds is 10. The molecule has 0 bridgehead atoms. The lowest BCUT2D eigenvalue weighted by molar-refractivity contribution is -0.0216. The van der Waals surface area contributed by atoms with Gasteiger partial charge in [0.1, 0.15) is 16.5 Å². The Hall–Kier alpha value is -1.99. The first kappa shape index (κ1) is 26.6. The second-order valence-corrected chi connectivity index (χ2v) is 9.82. The minimum absolute atomic E-state index is 0.0916. The van der Waals surface area contributed by atoms with Gasteiger partial charge in [-0.05, 0) is 30.3 Å². The topological polar surface area (TPSA) is 107 Å². The maximum Gasteiger partial charge on any atom is 0.246 e. The highest BCUT2D eigenvalue weighted by molar-refractivity contribution is 7.89. The van der Waals surface area contributed by atoms with Gasteiger partial charge in [-0.25, -0.2) is 12.8 Å². The van der Waals surface area contributed by atoms with E-state index in [1.807, 2.05) is 0 Å². The molecular formula is C22H28ClFN2O7S. The predicted octanol–water partition coefficient (Wildman–Crippen LogP) is 2.64. The summed E-state index contributed by atoms with van der Waals surface area (Å²) in [5, 5.41) is 13.3. The molecule has 1 saturated heterocycles. The summed E-state index contributed by atoms with van der Waals surface area (Å²) < 4.78 is 63.3. The highest BCUT2D eigenvalue weighted by atomic mass is 35.5. The largest absolute Gasteiger partial charge is 0.495 e. The van der Waals surface area contributed by atoms with Crippen LogP contribution in [0.25, 0.3) is 0 Å². The zero-order chi connectivity index (χ0) is 24.7. The highest BCUT2D eigenvalue weighted by Gasteiger charge is 2.32. The summed E-state index contributed by atoms with van der Waals surface area (Å²) in [4.78, 5) is -0.108. The van der Waals surface area contributed by atoms with E-state index in [0.29, 0.717) is 18.9 Å². The smallest absolute Gasteiger partial charge is 0.246 e. The summed E-state index contributed by atoms with van der Waals surface area (Å²) >= 11 is 5.79. The first-order valence-electron chi connectivity index (χ1n) is 10.5. The van der Waals surface area contributed by atoms with E-state index in [1.165, 1.54) is 41.7 Å². The van der Waals surface area contributed by atoms with E-state index in [0.717, 1.165) is 6.07 Å². The molecule has 0 aliphatic carbocycles. The van der Waals surface area contributed by atoms with Crippen LogP contribution in [0.4, 0.5) is 10.1 Å². The van der Waals surface area contributed by atoms with Crippen LogP contribution >= 0.6 is 11.6 Å². The molecule has 2 aromatic rings. The average Bonchev–Trinajstić information content (AvgIpc) is 3.07. The van der Waals surface area contributed by atoms with Crippen molar-refractivity contribution in [3.05, 3.63) is 52.8 Å². The van der Waals surface area contributed by atoms with Crippen molar-refractivity contribution in [2.24, 2.45) is 0 Å². The average molecular weight is 519 g/mol. The Kier molecular flexibility index (Phi) is 9.48. The third kappa shape index (κ3) is 6.57. The number of aliphatic hydroxyl groups is 1. The Morgan fingerprint density at radius 3 is 2.76 bits per heavy atom. The van der Waals surface area contributed by atoms with Crippen molar-refractivity contribution in [2.45, 2.75) is 17.2 Å². The lowest BCUT2D eigenvalue weighted by atomic mass is 10.2. The van der Waals surface area contributed by atoms with Crippen LogP contribution in [0.3, 0.4) is 0 Å². The minimum atomic E-state index is -4.03. The van der Waals surface area contributed by atoms with Crippen molar-refractivity contribution in [1.82, 2.24) is 4.31 Å². The number of hydrogen-bond acceptors (Lipinski definition) is 8. The summed E-state index contributed by atoms with van der Waals surface area (Å²) in [7, 11) is -1.11. The van der Waals surface area contributed by atoms with Gasteiger partial charge in [0.05, 0.1) is 44.7 Å². The molecule has 1 aliphatic heterocycles. The Balaban J connectivity index is 1.85. The molecule has 0 aromatic heterocycles. The summed E-state index contributed by atoms with van der Waals surface area (Å²) in [6, 6.07) is 8.22. The summed E-state index contributed by atoms with van der Waals surface area (Å²) in [6.45, 7) is 1.38. The van der Waals surface area contributed by atoms with Gasteiger partial charge in [0.25, 0.3) is 0 Å². The molecule has 1 heterocycles. The first-order valence-corrected chi connectivity index (χ1v) is 12.3. The molecule has 34 heavy (non-hydrogen) atoms. The number of benzene rings is 2. The maximum atomic E-state index is 13.6. The number of hydrogen-bond donors (Lipinski definition) is 2. The molecule has 1 aliphatic rings. The molecule has 0 saturated carbocycles. The molecule has 2 unspecified atom stereocenters. The second kappa shape index (κ2) is 12.1. The number of ether oxygens (including phenoxy) is 4. The molecule has 2 N–H and O–H groups in total. The van der Waals surface area contributed by atoms with Crippen LogP contribution in [-0.2, 0) is 24.2 Å². The van der Waals surface area contributed by atoms with Gasteiger partial charge in [-0.15, -0.1) is 0 Å². The third-order valence-electron chi connectivity index (χ3n) is 5.18. The van der Waals surface area contributed by atoms with Gasteiger partial charge in [-0.3, -0.25) is 0 Å². The van der Waals surface area contributed by atoms with E-state index in [9.17, 15) is 17.9 Å². The Labute approximate surface area is 203 Å². The molecular weight excluding hydrogens is 491 g/mol. The lowest BCUT2D eigenvalue weighted by Crippen LogP contribution is -2.39. The van der Waals surface area contributed by atoms with Crippen molar-refractivity contribution in [3.63, 3.8) is 0 Å². The quantitative estimate of drug-likeness (QED) is 0.365. The van der Waals surface area contributed by atoms with E-state index in [2.05, 4.69) is 5.32 Å². The van der Waals surface area contributed by atoms with Crippen LogP contribution in [0.1, 0.15) is 11.8 Å². The number of sulfonamides is 1. The zero-order valence-electron chi connectivity index (χ0n) is 18.9. The normalized spacial score (nSPS) is 18.3. The van der Waals surface area contributed by atoms with Crippen LogP contribution in [0.2, 0.25) is 5.02 Å². The van der Waals surface area contributed by atoms with Crippen LogP contribution in [-0.4, -0.2) is 77.7 Å². The van der Waals surface area contributed by atoms with Gasteiger partial charge in [0, 0.05) is 31.5 Å². The van der Waals surface area contributed by atoms with Gasteiger partial charge in [-0.2, -0.15) is 4.31 Å². The molecule has 188 valence electrons. The molecule has 0 amide bonds. The SMILES string of the molecule is COCCOC1COCCN(S(=O)(=O)c2cc(C(O)Nc3ccc(F)c(Cl)c3)ccc2OC)C1. The van der Waals surface area contributed by atoms with E-state index in [1.54, 1.807) is 7.11 Å². The molecule has 2 aromatic carbocycles. The summed E-state index contributed by atoms with van der Waals surface area (Å²) in [5.41, 5.74) is 0.624. The van der Waals surface area contributed by atoms with E-state index in [4.69, 9.17) is 30.5 Å². The second-order valence-electron chi connectivity index (χ2n) is 7.51. The number of nitrogens with one attached hydrogen (secondary N) is 1. The maximum absolute atomic E-state index is 13.6. The molecule has 9 nitrogen and oxygen atoms in total. The Bertz CT molecular complexity index is 1070.